The Balaban J connectivity index is -0.000000105. The second-order valence-corrected chi connectivity index (χ2v) is 0.930. The third-order valence-electron chi connectivity index (χ3n) is 0.516. The molecule has 10 heavy (non-hydrogen) atoms. The molecule has 3 heteroatoms. The van der Waals surface area contributed by atoms with E-state index < -0.39 is 0 Å². The Labute approximate surface area is 63.6 Å². The number of carbonyl (C=O) groups is 1. The van der Waals surface area contributed by atoms with Crippen molar-refractivity contribution in [1.29, 1.82) is 0 Å². The molecule has 0 fully saturated rings. The quantitative estimate of drug-likeness (QED) is 0.569. The van der Waals surface area contributed by atoms with Gasteiger partial charge in [-0.05, 0) is 7.05 Å². The molecule has 0 atom stereocenters. The minimum Gasteiger partial charge on any atom is -0.469 e. The molecular weight excluding hydrogens is 130 g/mol. The lowest BCUT2D eigenvalue weighted by atomic mass is 10.5. The number of esters is 1. The van der Waals surface area contributed by atoms with Crippen LogP contribution in [0, 0.1) is 0 Å². The number of hydrogen-bond donors (Lipinski definition) is 1. The fourth-order valence-electron chi connectivity index (χ4n) is 0.144. The molecule has 0 aromatic rings. The molecule has 0 aliphatic rings. The van der Waals surface area contributed by atoms with E-state index in [-0.39, 0.29) is 5.97 Å². The zero-order chi connectivity index (χ0) is 8.99. The normalized spacial score (nSPS) is 5.80. The lowest BCUT2D eigenvalue weighted by molar-refractivity contribution is -0.140. The number of rotatable bonds is 1. The molecule has 0 aliphatic carbocycles. The van der Waals surface area contributed by atoms with Crippen molar-refractivity contribution in [2.45, 2.75) is 27.2 Å². The zero-order valence-electron chi connectivity index (χ0n) is 7.60. The van der Waals surface area contributed by atoms with Crippen LogP contribution < -0.4 is 5.73 Å². The average molecular weight is 149 g/mol. The SMILES string of the molecule is CC.CCC(=O)OC.CN. The third kappa shape index (κ3) is 26.1. The molecule has 0 aromatic carbocycles. The molecule has 0 aromatic heterocycles. The topological polar surface area (TPSA) is 52.3 Å². The van der Waals surface area contributed by atoms with Crippen molar-refractivity contribution < 1.29 is 9.53 Å². The summed E-state index contributed by atoms with van der Waals surface area (Å²) in [5.74, 6) is -0.157. The van der Waals surface area contributed by atoms with Gasteiger partial charge in [0.2, 0.25) is 0 Å². The molecule has 0 spiro atoms. The smallest absolute Gasteiger partial charge is 0.305 e. The Morgan fingerprint density at radius 1 is 1.40 bits per heavy atom. The minimum absolute atomic E-state index is 0.157. The van der Waals surface area contributed by atoms with Gasteiger partial charge in [-0.1, -0.05) is 20.8 Å². The van der Waals surface area contributed by atoms with Crippen LogP contribution in [-0.2, 0) is 9.53 Å². The lowest BCUT2D eigenvalue weighted by Crippen LogP contribution is -1.94. The summed E-state index contributed by atoms with van der Waals surface area (Å²) in [5.41, 5.74) is 4.50. The number of carbonyl (C=O) groups excluding carboxylic acids is 1. The summed E-state index contributed by atoms with van der Waals surface area (Å²) in [4.78, 5) is 9.96. The molecule has 0 saturated carbocycles. The number of hydrogen-bond acceptors (Lipinski definition) is 3. The van der Waals surface area contributed by atoms with Gasteiger partial charge in [-0.25, -0.2) is 0 Å². The van der Waals surface area contributed by atoms with E-state index in [1.807, 2.05) is 13.8 Å². The first kappa shape index (κ1) is 16.2. The third-order valence-corrected chi connectivity index (χ3v) is 0.516. The summed E-state index contributed by atoms with van der Waals surface area (Å²) >= 11 is 0. The van der Waals surface area contributed by atoms with Crippen LogP contribution in [0.4, 0.5) is 0 Å². The summed E-state index contributed by atoms with van der Waals surface area (Å²) in [6, 6.07) is 0. The van der Waals surface area contributed by atoms with Gasteiger partial charge in [0.1, 0.15) is 0 Å². The Morgan fingerprint density at radius 3 is 1.70 bits per heavy atom. The van der Waals surface area contributed by atoms with E-state index in [1.54, 1.807) is 6.92 Å². The Bertz CT molecular complexity index is 49.6. The minimum atomic E-state index is -0.157. The van der Waals surface area contributed by atoms with Crippen molar-refractivity contribution in [3.63, 3.8) is 0 Å². The first-order valence-corrected chi connectivity index (χ1v) is 3.45. The van der Waals surface area contributed by atoms with Crippen LogP contribution in [0.15, 0.2) is 0 Å². The largest absolute Gasteiger partial charge is 0.469 e. The highest BCUT2D eigenvalue weighted by molar-refractivity contribution is 5.68. The summed E-state index contributed by atoms with van der Waals surface area (Å²) in [7, 11) is 2.88. The zero-order valence-corrected chi connectivity index (χ0v) is 7.60. The van der Waals surface area contributed by atoms with E-state index in [0.717, 1.165) is 0 Å². The average Bonchev–Trinajstić information content (AvgIpc) is 2.10. The van der Waals surface area contributed by atoms with E-state index in [2.05, 4.69) is 10.5 Å². The van der Waals surface area contributed by atoms with Crippen molar-refractivity contribution in [3.05, 3.63) is 0 Å². The standard InChI is InChI=1S/C4H8O2.C2H6.CH5N/c1-3-4(5)6-2;2*1-2/h3H2,1-2H3;1-2H3;2H2,1H3. The van der Waals surface area contributed by atoms with Crippen molar-refractivity contribution in [1.82, 2.24) is 0 Å². The van der Waals surface area contributed by atoms with Gasteiger partial charge in [0.05, 0.1) is 7.11 Å². The molecule has 0 bridgehead atoms. The van der Waals surface area contributed by atoms with Crippen LogP contribution in [0.25, 0.3) is 0 Å². The molecule has 0 amide bonds. The van der Waals surface area contributed by atoms with Crippen LogP contribution in [-0.4, -0.2) is 20.1 Å². The van der Waals surface area contributed by atoms with Crippen LogP contribution in [0.3, 0.4) is 0 Å². The van der Waals surface area contributed by atoms with Crippen molar-refractivity contribution >= 4 is 5.97 Å². The van der Waals surface area contributed by atoms with E-state index in [0.29, 0.717) is 6.42 Å². The molecule has 0 heterocycles. The van der Waals surface area contributed by atoms with Crippen LogP contribution in [0.5, 0.6) is 0 Å². The first-order valence-electron chi connectivity index (χ1n) is 3.45. The van der Waals surface area contributed by atoms with Gasteiger partial charge < -0.3 is 10.5 Å². The van der Waals surface area contributed by atoms with E-state index in [4.69, 9.17) is 0 Å². The molecular formula is C7H19NO2. The van der Waals surface area contributed by atoms with E-state index >= 15 is 0 Å². The Kier molecular flexibility index (Phi) is 38.4. The molecule has 0 rings (SSSR count). The maximum Gasteiger partial charge on any atom is 0.305 e. The maximum absolute atomic E-state index is 9.96. The fraction of sp³-hybridized carbons (Fsp3) is 0.857. The Morgan fingerprint density at radius 2 is 1.70 bits per heavy atom. The number of nitrogens with two attached hydrogens (primary N) is 1. The van der Waals surface area contributed by atoms with Gasteiger partial charge in [-0.15, -0.1) is 0 Å². The molecule has 0 aliphatic heterocycles. The molecule has 0 saturated heterocycles. The summed E-state index contributed by atoms with van der Waals surface area (Å²) in [6.45, 7) is 5.76. The molecule has 64 valence electrons. The van der Waals surface area contributed by atoms with Gasteiger partial charge >= 0.3 is 5.97 Å². The van der Waals surface area contributed by atoms with Crippen molar-refractivity contribution in [3.8, 4) is 0 Å². The monoisotopic (exact) mass is 149 g/mol. The fourth-order valence-corrected chi connectivity index (χ4v) is 0.144. The second kappa shape index (κ2) is 23.7. The molecule has 2 N–H and O–H groups in total. The highest BCUT2D eigenvalue weighted by Gasteiger charge is 1.87. The summed E-state index contributed by atoms with van der Waals surface area (Å²) < 4.78 is 4.26. The lowest BCUT2D eigenvalue weighted by Gasteiger charge is -1.87. The van der Waals surface area contributed by atoms with Crippen molar-refractivity contribution in [2.75, 3.05) is 14.2 Å². The predicted molar refractivity (Wildman–Crippen MR) is 43.8 cm³/mol. The van der Waals surface area contributed by atoms with Gasteiger partial charge in [-0.3, -0.25) is 4.79 Å². The summed E-state index contributed by atoms with van der Waals surface area (Å²) in [6.07, 6.45) is 0.469. The van der Waals surface area contributed by atoms with Crippen LogP contribution in [0.2, 0.25) is 0 Å². The highest BCUT2D eigenvalue weighted by Crippen LogP contribution is 1.76. The second-order valence-electron chi connectivity index (χ2n) is 0.930. The predicted octanol–water partition coefficient (Wildman–Crippen LogP) is 1.17. The molecule has 0 unspecified atom stereocenters. The summed E-state index contributed by atoms with van der Waals surface area (Å²) in [5, 5.41) is 0. The van der Waals surface area contributed by atoms with Gasteiger partial charge in [-0.2, -0.15) is 0 Å². The van der Waals surface area contributed by atoms with E-state index in [1.165, 1.54) is 14.2 Å². The Hall–Kier alpha value is -0.570. The van der Waals surface area contributed by atoms with Gasteiger partial charge in [0, 0.05) is 6.42 Å². The number of ether oxygens (including phenoxy) is 1. The van der Waals surface area contributed by atoms with E-state index in [9.17, 15) is 4.79 Å². The first-order chi connectivity index (χ1) is 4.81. The van der Waals surface area contributed by atoms with Crippen LogP contribution >= 0.6 is 0 Å². The maximum atomic E-state index is 9.96. The van der Waals surface area contributed by atoms with Crippen molar-refractivity contribution in [2.24, 2.45) is 5.73 Å². The highest BCUT2D eigenvalue weighted by atomic mass is 16.5. The molecule has 0 radical (unpaired) electrons. The van der Waals surface area contributed by atoms with Gasteiger partial charge in [0.15, 0.2) is 0 Å². The number of methoxy groups -OCH3 is 1. The molecule has 3 nitrogen and oxygen atoms in total. The van der Waals surface area contributed by atoms with Crippen LogP contribution in [0.1, 0.15) is 27.2 Å². The van der Waals surface area contributed by atoms with Gasteiger partial charge in [0.25, 0.3) is 0 Å².